The van der Waals surface area contributed by atoms with Crippen molar-refractivity contribution in [2.45, 2.75) is 6.54 Å². The minimum absolute atomic E-state index is 0.413. The lowest BCUT2D eigenvalue weighted by Crippen LogP contribution is -2.15. The van der Waals surface area contributed by atoms with Crippen molar-refractivity contribution in [3.8, 4) is 33.2 Å². The minimum atomic E-state index is 0.413. The lowest BCUT2D eigenvalue weighted by molar-refractivity contribution is 0.171. The first-order valence-electron chi connectivity index (χ1n) is 8.50. The Balaban J connectivity index is 1.61. The molecule has 0 atom stereocenters. The first kappa shape index (κ1) is 15.4. The van der Waals surface area contributed by atoms with Gasteiger partial charge in [0.2, 0.25) is 0 Å². The van der Waals surface area contributed by atoms with Gasteiger partial charge in [-0.1, -0.05) is 41.7 Å². The molecule has 5 rings (SSSR count). The third kappa shape index (κ3) is 2.46. The van der Waals surface area contributed by atoms with Gasteiger partial charge in [0, 0.05) is 18.3 Å². The maximum atomic E-state index is 6.07. The summed E-state index contributed by atoms with van der Waals surface area (Å²) in [5.74, 6) is 1.54. The van der Waals surface area contributed by atoms with Crippen LogP contribution in [0, 0.1) is 0 Å². The van der Waals surface area contributed by atoms with Gasteiger partial charge in [0.05, 0.1) is 16.3 Å². The highest BCUT2D eigenvalue weighted by atomic mass is 32.1. The second-order valence-electron chi connectivity index (χ2n) is 6.08. The van der Waals surface area contributed by atoms with E-state index < -0.39 is 0 Å². The third-order valence-electron chi connectivity index (χ3n) is 4.49. The molecule has 0 bridgehead atoms. The number of thiazole rings is 1. The smallest absolute Gasteiger partial charge is 0.195 e. The van der Waals surface area contributed by atoms with E-state index in [2.05, 4.69) is 22.7 Å². The zero-order chi connectivity index (χ0) is 17.5. The Morgan fingerprint density at radius 2 is 1.81 bits per heavy atom. The van der Waals surface area contributed by atoms with Crippen LogP contribution in [0.5, 0.6) is 11.5 Å². The van der Waals surface area contributed by atoms with Crippen molar-refractivity contribution in [1.82, 2.24) is 9.38 Å². The fourth-order valence-corrected chi connectivity index (χ4v) is 4.25. The zero-order valence-electron chi connectivity index (χ0n) is 14.0. The van der Waals surface area contributed by atoms with Gasteiger partial charge in [0.1, 0.15) is 13.2 Å². The molecule has 0 spiro atoms. The summed E-state index contributed by atoms with van der Waals surface area (Å²) in [7, 11) is 0. The molecule has 1 aliphatic heterocycles. The molecule has 0 saturated carbocycles. The van der Waals surface area contributed by atoms with E-state index in [1.165, 1.54) is 10.4 Å². The van der Waals surface area contributed by atoms with Gasteiger partial charge in [-0.05, 0) is 23.8 Å². The summed E-state index contributed by atoms with van der Waals surface area (Å²) in [4.78, 5) is 6.97. The average Bonchev–Trinajstić information content (AvgIpc) is 3.26. The normalized spacial score (nSPS) is 13.3. The molecule has 0 saturated heterocycles. The SMILES string of the molecule is NCc1c(-c2ccc3c(c2)OCCO3)nc2sc(-c3ccccc3)cn12. The predicted octanol–water partition coefficient (Wildman–Crippen LogP) is 3.96. The van der Waals surface area contributed by atoms with Crippen molar-refractivity contribution >= 4 is 16.3 Å². The Bertz CT molecular complexity index is 1090. The number of ether oxygens (including phenoxy) is 2. The van der Waals surface area contributed by atoms with Crippen molar-refractivity contribution in [2.24, 2.45) is 5.73 Å². The minimum Gasteiger partial charge on any atom is -0.486 e. The molecule has 0 aliphatic carbocycles. The highest BCUT2D eigenvalue weighted by Crippen LogP contribution is 2.37. The van der Waals surface area contributed by atoms with Crippen molar-refractivity contribution in [2.75, 3.05) is 13.2 Å². The summed E-state index contributed by atoms with van der Waals surface area (Å²) in [6.45, 7) is 1.57. The molecular formula is C20H17N3O2S. The highest BCUT2D eigenvalue weighted by molar-refractivity contribution is 7.20. The molecule has 2 N–H and O–H groups in total. The lowest BCUT2D eigenvalue weighted by Gasteiger charge is -2.18. The van der Waals surface area contributed by atoms with Crippen LogP contribution < -0.4 is 15.2 Å². The van der Waals surface area contributed by atoms with Gasteiger partial charge in [-0.15, -0.1) is 0 Å². The molecule has 130 valence electrons. The predicted molar refractivity (Wildman–Crippen MR) is 103 cm³/mol. The lowest BCUT2D eigenvalue weighted by atomic mass is 10.1. The Hall–Kier alpha value is -2.83. The summed E-state index contributed by atoms with van der Waals surface area (Å²) in [6, 6.07) is 16.3. The monoisotopic (exact) mass is 363 g/mol. The number of rotatable bonds is 3. The number of nitrogens with zero attached hydrogens (tertiary/aromatic N) is 2. The fourth-order valence-electron chi connectivity index (χ4n) is 3.24. The molecule has 1 aliphatic rings. The van der Waals surface area contributed by atoms with Crippen LogP contribution >= 0.6 is 11.3 Å². The van der Waals surface area contributed by atoms with E-state index in [4.69, 9.17) is 20.2 Å². The summed E-state index contributed by atoms with van der Waals surface area (Å²) in [6.07, 6.45) is 2.12. The molecule has 4 aromatic rings. The van der Waals surface area contributed by atoms with E-state index in [-0.39, 0.29) is 0 Å². The summed E-state index contributed by atoms with van der Waals surface area (Å²) < 4.78 is 13.4. The van der Waals surface area contributed by atoms with E-state index in [1.807, 2.05) is 36.4 Å². The van der Waals surface area contributed by atoms with Gasteiger partial charge >= 0.3 is 0 Å². The maximum Gasteiger partial charge on any atom is 0.195 e. The van der Waals surface area contributed by atoms with E-state index >= 15 is 0 Å². The largest absolute Gasteiger partial charge is 0.486 e. The first-order valence-corrected chi connectivity index (χ1v) is 9.31. The molecule has 0 fully saturated rings. The van der Waals surface area contributed by atoms with Gasteiger partial charge in [-0.25, -0.2) is 4.98 Å². The van der Waals surface area contributed by atoms with Crippen LogP contribution in [0.2, 0.25) is 0 Å². The van der Waals surface area contributed by atoms with E-state index in [0.29, 0.717) is 19.8 Å². The van der Waals surface area contributed by atoms with Gasteiger partial charge < -0.3 is 15.2 Å². The third-order valence-corrected chi connectivity index (χ3v) is 5.52. The topological polar surface area (TPSA) is 61.8 Å². The van der Waals surface area contributed by atoms with Gasteiger partial charge in [0.25, 0.3) is 0 Å². The number of benzene rings is 2. The molecule has 26 heavy (non-hydrogen) atoms. The Morgan fingerprint density at radius 1 is 1.00 bits per heavy atom. The number of hydrogen-bond acceptors (Lipinski definition) is 5. The maximum absolute atomic E-state index is 6.07. The van der Waals surface area contributed by atoms with Crippen molar-refractivity contribution in [3.63, 3.8) is 0 Å². The number of aromatic nitrogens is 2. The molecule has 5 nitrogen and oxygen atoms in total. The van der Waals surface area contributed by atoms with Crippen LogP contribution in [0.3, 0.4) is 0 Å². The number of fused-ring (bicyclic) bond motifs is 2. The van der Waals surface area contributed by atoms with Crippen LogP contribution in [0.15, 0.2) is 54.7 Å². The molecule has 2 aromatic carbocycles. The van der Waals surface area contributed by atoms with Gasteiger partial charge in [-0.2, -0.15) is 0 Å². The standard InChI is InChI=1S/C20H17N3O2S/c21-11-15-19(14-6-7-16-17(10-14)25-9-8-24-16)22-20-23(15)12-18(26-20)13-4-2-1-3-5-13/h1-7,10,12H,8-9,11,21H2. The Labute approximate surface area is 154 Å². The van der Waals surface area contributed by atoms with Crippen molar-refractivity contribution < 1.29 is 9.47 Å². The van der Waals surface area contributed by atoms with E-state index in [0.717, 1.165) is 33.4 Å². The summed E-state index contributed by atoms with van der Waals surface area (Å²) >= 11 is 1.66. The molecule has 0 unspecified atom stereocenters. The Morgan fingerprint density at radius 3 is 2.62 bits per heavy atom. The van der Waals surface area contributed by atoms with Crippen LogP contribution in [-0.2, 0) is 6.54 Å². The number of imidazole rings is 1. The van der Waals surface area contributed by atoms with E-state index in [9.17, 15) is 0 Å². The first-order chi connectivity index (χ1) is 12.8. The van der Waals surface area contributed by atoms with Crippen LogP contribution in [0.1, 0.15) is 5.69 Å². The van der Waals surface area contributed by atoms with Crippen molar-refractivity contribution in [1.29, 1.82) is 0 Å². The van der Waals surface area contributed by atoms with Crippen LogP contribution in [0.25, 0.3) is 26.7 Å². The van der Waals surface area contributed by atoms with E-state index in [1.54, 1.807) is 11.3 Å². The summed E-state index contributed by atoms with van der Waals surface area (Å²) in [5, 5.41) is 0. The molecule has 6 heteroatoms. The number of hydrogen-bond donors (Lipinski definition) is 1. The molecule has 2 aromatic heterocycles. The highest BCUT2D eigenvalue weighted by Gasteiger charge is 2.19. The Kier molecular flexibility index (Phi) is 3.65. The average molecular weight is 363 g/mol. The fraction of sp³-hybridized carbons (Fsp3) is 0.150. The molecule has 0 radical (unpaired) electrons. The second-order valence-corrected chi connectivity index (χ2v) is 7.09. The molecule has 3 heterocycles. The van der Waals surface area contributed by atoms with Crippen molar-refractivity contribution in [3.05, 3.63) is 60.4 Å². The quantitative estimate of drug-likeness (QED) is 0.598. The second kappa shape index (κ2) is 6.16. The number of nitrogens with two attached hydrogens (primary N) is 1. The molecular weight excluding hydrogens is 346 g/mol. The van der Waals surface area contributed by atoms with Crippen LogP contribution in [-0.4, -0.2) is 22.6 Å². The zero-order valence-corrected chi connectivity index (χ0v) is 14.8. The van der Waals surface area contributed by atoms with Crippen LogP contribution in [0.4, 0.5) is 0 Å². The molecule has 0 amide bonds. The van der Waals surface area contributed by atoms with Gasteiger partial charge in [0.15, 0.2) is 16.5 Å². The summed E-state index contributed by atoms with van der Waals surface area (Å²) in [5.41, 5.74) is 10.1. The van der Waals surface area contributed by atoms with Gasteiger partial charge in [-0.3, -0.25) is 4.40 Å².